The number of thiophene rings is 1. The molecule has 0 spiro atoms. The van der Waals surface area contributed by atoms with Crippen LogP contribution in [0.15, 0.2) is 164 Å². The van der Waals surface area contributed by atoms with Crippen molar-refractivity contribution in [1.82, 2.24) is 4.98 Å². The summed E-state index contributed by atoms with van der Waals surface area (Å²) in [5.74, 6) is 2.01. The number of hydrogen-bond acceptors (Lipinski definition) is 6. The Balaban J connectivity index is 0.00000420. The van der Waals surface area contributed by atoms with Gasteiger partial charge in [0, 0.05) is 81.6 Å². The summed E-state index contributed by atoms with van der Waals surface area (Å²) in [5.41, 5.74) is 11.7. The molecule has 4 heterocycles. The molecule has 0 radical (unpaired) electrons. The largest absolute Gasteiger partial charge is 0.509 e. The van der Waals surface area contributed by atoms with E-state index in [2.05, 4.69) is 194 Å². The van der Waals surface area contributed by atoms with Gasteiger partial charge in [-0.15, -0.1) is 59.6 Å². The van der Waals surface area contributed by atoms with E-state index in [1.807, 2.05) is 35.7 Å². The summed E-state index contributed by atoms with van der Waals surface area (Å²) in [7, 11) is 0. The van der Waals surface area contributed by atoms with Gasteiger partial charge in [-0.05, 0) is 65.1 Å². The van der Waals surface area contributed by atoms with Crippen LogP contribution in [-0.4, -0.2) is 4.98 Å². The number of para-hydroxylation sites is 3. The molecule has 2 aromatic heterocycles. The van der Waals surface area contributed by atoms with Crippen molar-refractivity contribution in [3.05, 3.63) is 188 Å². The molecular formula is C52H37N4OPtS-3. The average Bonchev–Trinajstić information content (AvgIpc) is 3.80. The molecule has 59 heavy (non-hydrogen) atoms. The van der Waals surface area contributed by atoms with Gasteiger partial charge < -0.3 is 19.4 Å². The third kappa shape index (κ3) is 6.30. The molecule has 0 unspecified atom stereocenters. The number of aromatic nitrogens is 1. The Bertz CT molecular complexity index is 3060. The maximum absolute atomic E-state index is 6.71. The van der Waals surface area contributed by atoms with E-state index in [0.29, 0.717) is 11.5 Å². The third-order valence-corrected chi connectivity index (χ3v) is 12.3. The van der Waals surface area contributed by atoms with Gasteiger partial charge >= 0.3 is 0 Å². The molecule has 0 bridgehead atoms. The Hall–Kier alpha value is -6.20. The quantitative estimate of drug-likeness (QED) is 0.161. The van der Waals surface area contributed by atoms with E-state index in [1.54, 1.807) is 0 Å². The van der Waals surface area contributed by atoms with Gasteiger partial charge in [0.1, 0.15) is 5.82 Å². The Morgan fingerprint density at radius 1 is 0.576 bits per heavy atom. The SMILES string of the molecule is CC(C)(C)c1ccnc(N2c3[c-]c(Oc4[c-]c(N5[CH-]N(c6cccc7sc8ccccc8c67)c6ccccc65)ccc4)ccc3-c3ccccc3-c3ccccc32)c1.[Pt]. The Morgan fingerprint density at radius 2 is 1.22 bits per heavy atom. The Morgan fingerprint density at radius 3 is 2.03 bits per heavy atom. The van der Waals surface area contributed by atoms with Gasteiger partial charge in [0.25, 0.3) is 0 Å². The van der Waals surface area contributed by atoms with Crippen molar-refractivity contribution in [2.45, 2.75) is 26.2 Å². The van der Waals surface area contributed by atoms with E-state index >= 15 is 0 Å². The van der Waals surface area contributed by atoms with Gasteiger partial charge in [0.2, 0.25) is 0 Å². The minimum absolute atomic E-state index is 0. The Labute approximate surface area is 363 Å². The van der Waals surface area contributed by atoms with Crippen molar-refractivity contribution in [3.8, 4) is 33.8 Å². The molecule has 0 saturated heterocycles. The van der Waals surface area contributed by atoms with E-state index in [0.717, 1.165) is 62.2 Å². The zero-order valence-electron chi connectivity index (χ0n) is 32.6. The van der Waals surface area contributed by atoms with Crippen molar-refractivity contribution < 1.29 is 25.8 Å². The van der Waals surface area contributed by atoms with E-state index in [9.17, 15) is 0 Å². The maximum Gasteiger partial charge on any atom is 0.135 e. The van der Waals surface area contributed by atoms with Crippen LogP contribution in [0.3, 0.4) is 0 Å². The van der Waals surface area contributed by atoms with Gasteiger partial charge in [-0.2, -0.15) is 12.1 Å². The summed E-state index contributed by atoms with van der Waals surface area (Å²) in [4.78, 5) is 11.7. The number of fused-ring (bicyclic) bond motifs is 9. The van der Waals surface area contributed by atoms with Crippen LogP contribution in [0.1, 0.15) is 26.3 Å². The van der Waals surface area contributed by atoms with Gasteiger partial charge in [0.15, 0.2) is 0 Å². The molecule has 11 rings (SSSR count). The van der Waals surface area contributed by atoms with Crippen molar-refractivity contribution in [3.63, 3.8) is 0 Å². The zero-order chi connectivity index (χ0) is 39.0. The summed E-state index contributed by atoms with van der Waals surface area (Å²) >= 11 is 1.83. The minimum Gasteiger partial charge on any atom is -0.509 e. The predicted molar refractivity (Wildman–Crippen MR) is 241 cm³/mol. The molecule has 0 saturated carbocycles. The molecular weight excluding hydrogens is 924 g/mol. The minimum atomic E-state index is -0.0552. The number of nitrogens with zero attached hydrogens (tertiary/aromatic N) is 4. The maximum atomic E-state index is 6.71. The standard InChI is InChI=1S/C52H37N4OS.Pt/c1-52(2,3)34-28-29-53-50(30-34)56-43-20-8-6-18-40(43)38-16-4-5-17-39(38)41-27-26-37(32-47(41)56)57-36-15-12-14-35(31-36)54-33-55(45-22-10-9-21-44(45)54)46-23-13-25-49-51(46)42-19-7-11-24-48(42)58-49;/h4-30,33H,1-3H3;/q-3;. The van der Waals surface area contributed by atoms with E-state index in [-0.39, 0.29) is 26.5 Å². The van der Waals surface area contributed by atoms with Gasteiger partial charge in [-0.3, -0.25) is 0 Å². The average molecular weight is 961 g/mol. The molecule has 0 N–H and O–H groups in total. The molecule has 7 heteroatoms. The van der Waals surface area contributed by atoms with E-state index in [4.69, 9.17) is 9.72 Å². The second kappa shape index (κ2) is 14.6. The van der Waals surface area contributed by atoms with Crippen molar-refractivity contribution >= 4 is 71.5 Å². The monoisotopic (exact) mass is 960 g/mol. The number of anilines is 7. The third-order valence-electron chi connectivity index (χ3n) is 11.1. The normalized spacial score (nSPS) is 13.0. The first-order valence-corrected chi connectivity index (χ1v) is 20.4. The van der Waals surface area contributed by atoms with E-state index < -0.39 is 0 Å². The fourth-order valence-corrected chi connectivity index (χ4v) is 9.47. The topological polar surface area (TPSA) is 31.8 Å². The number of rotatable bonds is 5. The first kappa shape index (κ1) is 37.1. The summed E-state index contributed by atoms with van der Waals surface area (Å²) in [5, 5.41) is 2.53. The summed E-state index contributed by atoms with van der Waals surface area (Å²) in [6.07, 6.45) is 1.91. The van der Waals surface area contributed by atoms with Crippen molar-refractivity contribution in [2.75, 3.05) is 14.7 Å². The number of hydrogen-bond donors (Lipinski definition) is 0. The van der Waals surface area contributed by atoms with Crippen LogP contribution < -0.4 is 19.4 Å². The second-order valence-electron chi connectivity index (χ2n) is 15.7. The second-order valence-corrected chi connectivity index (χ2v) is 16.8. The van der Waals surface area contributed by atoms with Crippen LogP contribution >= 0.6 is 11.3 Å². The zero-order valence-corrected chi connectivity index (χ0v) is 35.7. The fraction of sp³-hybridized carbons (Fsp3) is 0.0769. The van der Waals surface area contributed by atoms with Gasteiger partial charge in [0.05, 0.1) is 5.69 Å². The number of benzene rings is 7. The Kier molecular flexibility index (Phi) is 9.16. The van der Waals surface area contributed by atoms with Crippen LogP contribution in [0.2, 0.25) is 0 Å². The fourth-order valence-electron chi connectivity index (χ4n) is 8.34. The molecule has 2 aliphatic rings. The van der Waals surface area contributed by atoms with Crippen LogP contribution in [0.25, 0.3) is 42.4 Å². The number of ether oxygens (including phenoxy) is 1. The summed E-state index contributed by atoms with van der Waals surface area (Å²) in [6, 6.07) is 62.7. The summed E-state index contributed by atoms with van der Waals surface area (Å²) < 4.78 is 9.26. The van der Waals surface area contributed by atoms with Crippen LogP contribution in [0, 0.1) is 18.8 Å². The predicted octanol–water partition coefficient (Wildman–Crippen LogP) is 14.7. The summed E-state index contributed by atoms with van der Waals surface area (Å²) in [6.45, 7) is 8.87. The first-order chi connectivity index (χ1) is 28.4. The number of pyridine rings is 1. The molecule has 0 fully saturated rings. The molecule has 9 aromatic rings. The van der Waals surface area contributed by atoms with Crippen LogP contribution in [0.4, 0.5) is 39.9 Å². The smallest absolute Gasteiger partial charge is 0.135 e. The molecule has 7 aromatic carbocycles. The first-order valence-electron chi connectivity index (χ1n) is 19.5. The van der Waals surface area contributed by atoms with Crippen molar-refractivity contribution in [2.24, 2.45) is 0 Å². The molecule has 5 nitrogen and oxygen atoms in total. The molecule has 0 amide bonds. The molecule has 0 atom stereocenters. The van der Waals surface area contributed by atoms with Crippen molar-refractivity contribution in [1.29, 1.82) is 0 Å². The molecule has 2 aliphatic heterocycles. The van der Waals surface area contributed by atoms with Crippen LogP contribution in [0.5, 0.6) is 11.5 Å². The van der Waals surface area contributed by atoms with E-state index in [1.165, 1.54) is 25.7 Å². The van der Waals surface area contributed by atoms with Gasteiger partial charge in [-0.25, -0.2) is 4.98 Å². The van der Waals surface area contributed by atoms with Crippen LogP contribution in [-0.2, 0) is 26.5 Å². The molecule has 290 valence electrons. The molecule has 0 aliphatic carbocycles. The van der Waals surface area contributed by atoms with Gasteiger partial charge in [-0.1, -0.05) is 111 Å².